The lowest BCUT2D eigenvalue weighted by molar-refractivity contribution is -0.123. The molecular formula is C20H20N4O3S. The van der Waals surface area contributed by atoms with E-state index in [-0.39, 0.29) is 24.1 Å². The highest BCUT2D eigenvalue weighted by atomic mass is 32.1. The first kappa shape index (κ1) is 18.4. The maximum absolute atomic E-state index is 12.9. The molecule has 1 atom stereocenters. The SMILES string of the molecule is Cc1nc(CNC(=O)C2CN(C(=O)c3ccco3)Cc3cccnc32)sc1C. The van der Waals surface area contributed by atoms with E-state index in [2.05, 4.69) is 15.3 Å². The topological polar surface area (TPSA) is 88.3 Å². The summed E-state index contributed by atoms with van der Waals surface area (Å²) in [6.07, 6.45) is 3.14. The van der Waals surface area contributed by atoms with Gasteiger partial charge in [0, 0.05) is 24.2 Å². The fourth-order valence-electron chi connectivity index (χ4n) is 3.29. The predicted molar refractivity (Wildman–Crippen MR) is 104 cm³/mol. The first-order valence-electron chi connectivity index (χ1n) is 9.00. The van der Waals surface area contributed by atoms with Crippen LogP contribution in [0, 0.1) is 13.8 Å². The van der Waals surface area contributed by atoms with E-state index in [0.29, 0.717) is 13.1 Å². The van der Waals surface area contributed by atoms with E-state index in [0.717, 1.165) is 26.8 Å². The molecule has 4 heterocycles. The molecule has 28 heavy (non-hydrogen) atoms. The Balaban J connectivity index is 1.54. The number of hydrogen-bond acceptors (Lipinski definition) is 6. The molecule has 8 heteroatoms. The van der Waals surface area contributed by atoms with Gasteiger partial charge in [0.15, 0.2) is 5.76 Å². The number of carbonyl (C=O) groups is 2. The van der Waals surface area contributed by atoms with Crippen molar-refractivity contribution in [2.24, 2.45) is 0 Å². The number of furan rings is 1. The molecule has 3 aromatic rings. The van der Waals surface area contributed by atoms with Crippen molar-refractivity contribution in [3.8, 4) is 0 Å². The van der Waals surface area contributed by atoms with E-state index in [1.165, 1.54) is 6.26 Å². The van der Waals surface area contributed by atoms with Gasteiger partial charge < -0.3 is 14.6 Å². The van der Waals surface area contributed by atoms with Crippen LogP contribution in [-0.4, -0.2) is 33.2 Å². The zero-order chi connectivity index (χ0) is 19.7. The number of rotatable bonds is 4. The Morgan fingerprint density at radius 2 is 2.18 bits per heavy atom. The van der Waals surface area contributed by atoms with Gasteiger partial charge >= 0.3 is 0 Å². The number of amides is 2. The zero-order valence-corrected chi connectivity index (χ0v) is 16.5. The second kappa shape index (κ2) is 7.55. The van der Waals surface area contributed by atoms with Gasteiger partial charge in [-0.05, 0) is 37.6 Å². The van der Waals surface area contributed by atoms with Crippen molar-refractivity contribution in [1.29, 1.82) is 0 Å². The molecule has 0 spiro atoms. The minimum absolute atomic E-state index is 0.164. The number of aromatic nitrogens is 2. The third-order valence-corrected chi connectivity index (χ3v) is 5.92. The molecule has 0 radical (unpaired) electrons. The predicted octanol–water partition coefficient (Wildman–Crippen LogP) is 2.80. The van der Waals surface area contributed by atoms with Crippen molar-refractivity contribution < 1.29 is 14.0 Å². The Hall–Kier alpha value is -3.00. The summed E-state index contributed by atoms with van der Waals surface area (Å²) in [5, 5.41) is 3.82. The van der Waals surface area contributed by atoms with Crippen LogP contribution in [0.3, 0.4) is 0 Å². The number of fused-ring (bicyclic) bond motifs is 1. The number of aryl methyl sites for hydroxylation is 2. The van der Waals surface area contributed by atoms with Crippen LogP contribution < -0.4 is 5.32 Å². The van der Waals surface area contributed by atoms with Crippen LogP contribution in [0.2, 0.25) is 0 Å². The fourth-order valence-corrected chi connectivity index (χ4v) is 4.17. The summed E-state index contributed by atoms with van der Waals surface area (Å²) in [5.74, 6) is -0.669. The molecule has 4 rings (SSSR count). The average molecular weight is 396 g/mol. The van der Waals surface area contributed by atoms with Gasteiger partial charge in [-0.1, -0.05) is 6.07 Å². The van der Waals surface area contributed by atoms with Crippen molar-refractivity contribution >= 4 is 23.2 Å². The highest BCUT2D eigenvalue weighted by Gasteiger charge is 2.34. The summed E-state index contributed by atoms with van der Waals surface area (Å²) in [7, 11) is 0. The van der Waals surface area contributed by atoms with Gasteiger partial charge in [0.25, 0.3) is 5.91 Å². The Bertz CT molecular complexity index is 993. The monoisotopic (exact) mass is 396 g/mol. The first-order valence-corrected chi connectivity index (χ1v) is 9.81. The molecule has 0 aliphatic carbocycles. The Labute approximate surface area is 166 Å². The lowest BCUT2D eigenvalue weighted by Gasteiger charge is -2.32. The first-order chi connectivity index (χ1) is 13.5. The normalized spacial score (nSPS) is 15.9. The van der Waals surface area contributed by atoms with Gasteiger partial charge in [-0.3, -0.25) is 14.6 Å². The molecule has 0 saturated heterocycles. The molecule has 1 aliphatic rings. The van der Waals surface area contributed by atoms with Crippen LogP contribution >= 0.6 is 11.3 Å². The van der Waals surface area contributed by atoms with Gasteiger partial charge in [-0.25, -0.2) is 4.98 Å². The zero-order valence-electron chi connectivity index (χ0n) is 15.6. The molecule has 0 aromatic carbocycles. The molecule has 7 nitrogen and oxygen atoms in total. The van der Waals surface area contributed by atoms with Gasteiger partial charge in [-0.15, -0.1) is 11.3 Å². The van der Waals surface area contributed by atoms with Crippen LogP contribution in [0.15, 0.2) is 41.1 Å². The van der Waals surface area contributed by atoms with Gasteiger partial charge in [-0.2, -0.15) is 0 Å². The van der Waals surface area contributed by atoms with Crippen molar-refractivity contribution in [2.75, 3.05) is 6.54 Å². The summed E-state index contributed by atoms with van der Waals surface area (Å²) in [4.78, 5) is 37.3. The van der Waals surface area contributed by atoms with E-state index in [4.69, 9.17) is 4.42 Å². The van der Waals surface area contributed by atoms with Crippen LogP contribution in [-0.2, 0) is 17.9 Å². The maximum Gasteiger partial charge on any atom is 0.289 e. The number of thiazole rings is 1. The Kier molecular flexibility index (Phi) is 4.95. The van der Waals surface area contributed by atoms with Crippen LogP contribution in [0.5, 0.6) is 0 Å². The molecule has 0 bridgehead atoms. The molecule has 0 saturated carbocycles. The lowest BCUT2D eigenvalue weighted by Crippen LogP contribution is -2.44. The van der Waals surface area contributed by atoms with Crippen molar-refractivity contribution in [1.82, 2.24) is 20.2 Å². The van der Waals surface area contributed by atoms with E-state index in [9.17, 15) is 9.59 Å². The van der Waals surface area contributed by atoms with Gasteiger partial charge in [0.2, 0.25) is 5.91 Å². The highest BCUT2D eigenvalue weighted by Crippen LogP contribution is 2.28. The largest absolute Gasteiger partial charge is 0.459 e. The van der Waals surface area contributed by atoms with Gasteiger partial charge in [0.05, 0.1) is 30.1 Å². The standard InChI is InChI=1S/C20H20N4O3S/c1-12-13(2)28-17(23-12)9-22-19(25)15-11-24(20(26)16-6-4-8-27-16)10-14-5-3-7-21-18(14)15/h3-8,15H,9-11H2,1-2H3,(H,22,25). The van der Waals surface area contributed by atoms with Crippen LogP contribution in [0.1, 0.15) is 43.3 Å². The smallest absolute Gasteiger partial charge is 0.289 e. The molecule has 0 fully saturated rings. The second-order valence-corrected chi connectivity index (χ2v) is 8.02. The Morgan fingerprint density at radius 1 is 1.32 bits per heavy atom. The Morgan fingerprint density at radius 3 is 2.89 bits per heavy atom. The molecule has 1 unspecified atom stereocenters. The van der Waals surface area contributed by atoms with E-state index in [1.807, 2.05) is 26.0 Å². The van der Waals surface area contributed by atoms with Crippen LogP contribution in [0.25, 0.3) is 0 Å². The number of nitrogens with zero attached hydrogens (tertiary/aromatic N) is 3. The second-order valence-electron chi connectivity index (χ2n) is 6.73. The van der Waals surface area contributed by atoms with E-state index < -0.39 is 5.92 Å². The average Bonchev–Trinajstić information content (AvgIpc) is 3.35. The molecule has 2 amide bonds. The van der Waals surface area contributed by atoms with E-state index >= 15 is 0 Å². The molecular weight excluding hydrogens is 376 g/mol. The molecule has 144 valence electrons. The summed E-state index contributed by atoms with van der Waals surface area (Å²) in [6.45, 7) is 4.99. The quantitative estimate of drug-likeness (QED) is 0.733. The highest BCUT2D eigenvalue weighted by molar-refractivity contribution is 7.11. The fraction of sp³-hybridized carbons (Fsp3) is 0.300. The minimum Gasteiger partial charge on any atom is -0.459 e. The summed E-state index contributed by atoms with van der Waals surface area (Å²) in [5.41, 5.74) is 2.57. The van der Waals surface area contributed by atoms with Crippen LogP contribution in [0.4, 0.5) is 0 Å². The summed E-state index contributed by atoms with van der Waals surface area (Å²) in [6, 6.07) is 7.02. The van der Waals surface area contributed by atoms with E-state index in [1.54, 1.807) is 34.6 Å². The lowest BCUT2D eigenvalue weighted by atomic mass is 9.93. The minimum atomic E-state index is -0.536. The molecule has 1 N–H and O–H groups in total. The third kappa shape index (κ3) is 3.55. The molecule has 3 aromatic heterocycles. The van der Waals surface area contributed by atoms with Crippen molar-refractivity contribution in [2.45, 2.75) is 32.9 Å². The summed E-state index contributed by atoms with van der Waals surface area (Å²) >= 11 is 1.57. The van der Waals surface area contributed by atoms with Crippen molar-refractivity contribution in [3.05, 3.63) is 69.3 Å². The molecule has 1 aliphatic heterocycles. The number of carbonyl (C=O) groups excluding carboxylic acids is 2. The number of hydrogen-bond donors (Lipinski definition) is 1. The maximum atomic E-state index is 12.9. The number of pyridine rings is 1. The number of nitrogens with one attached hydrogen (secondary N) is 1. The summed E-state index contributed by atoms with van der Waals surface area (Å²) < 4.78 is 5.24. The van der Waals surface area contributed by atoms with Crippen molar-refractivity contribution in [3.63, 3.8) is 0 Å². The van der Waals surface area contributed by atoms with Gasteiger partial charge in [0.1, 0.15) is 5.01 Å². The third-order valence-electron chi connectivity index (χ3n) is 4.84.